The number of amides is 1. The first-order valence-corrected chi connectivity index (χ1v) is 8.77. The number of aromatic nitrogens is 2. The summed E-state index contributed by atoms with van der Waals surface area (Å²) >= 11 is 0. The monoisotopic (exact) mass is 356 g/mol. The number of hydrogen-bond acceptors (Lipinski definition) is 6. The van der Waals surface area contributed by atoms with Crippen molar-refractivity contribution < 1.29 is 14.3 Å². The van der Waals surface area contributed by atoms with Gasteiger partial charge in [-0.3, -0.25) is 4.79 Å². The number of nitrogens with one attached hydrogen (secondary N) is 2. The average Bonchev–Trinajstić information content (AvgIpc) is 3.18. The topological polar surface area (TPSA) is 85.4 Å². The summed E-state index contributed by atoms with van der Waals surface area (Å²) < 4.78 is 10.9. The number of nitrogens with zero attached hydrogens (tertiary/aromatic N) is 2. The van der Waals surface area contributed by atoms with Gasteiger partial charge in [-0.2, -0.15) is 0 Å². The lowest BCUT2D eigenvalue weighted by Crippen LogP contribution is -2.25. The van der Waals surface area contributed by atoms with Crippen molar-refractivity contribution in [3.63, 3.8) is 0 Å². The molecule has 2 N–H and O–H groups in total. The van der Waals surface area contributed by atoms with Crippen molar-refractivity contribution in [2.75, 3.05) is 25.6 Å². The summed E-state index contributed by atoms with van der Waals surface area (Å²) in [6.45, 7) is 3.66. The Bertz CT molecular complexity index is 760. The first kappa shape index (κ1) is 18.1. The second-order valence-electron chi connectivity index (χ2n) is 6.23. The minimum absolute atomic E-state index is 0.182. The van der Waals surface area contributed by atoms with Gasteiger partial charge in [-0.25, -0.2) is 9.97 Å². The van der Waals surface area contributed by atoms with Crippen LogP contribution in [0.4, 0.5) is 5.95 Å². The van der Waals surface area contributed by atoms with E-state index in [0.29, 0.717) is 24.7 Å². The number of benzene rings is 1. The molecule has 0 radical (unpaired) electrons. The van der Waals surface area contributed by atoms with Crippen LogP contribution in [-0.2, 0) is 11.3 Å². The molecular weight excluding hydrogens is 332 g/mol. The molecule has 1 amide bonds. The van der Waals surface area contributed by atoms with Crippen molar-refractivity contribution in [1.29, 1.82) is 0 Å². The fourth-order valence-corrected chi connectivity index (χ4v) is 2.89. The lowest BCUT2D eigenvalue weighted by Gasteiger charge is -2.12. The molecule has 7 heteroatoms. The van der Waals surface area contributed by atoms with Gasteiger partial charge in [0.15, 0.2) is 0 Å². The van der Waals surface area contributed by atoms with E-state index < -0.39 is 0 Å². The van der Waals surface area contributed by atoms with E-state index >= 15 is 0 Å². The number of anilines is 1. The molecule has 138 valence electrons. The summed E-state index contributed by atoms with van der Waals surface area (Å²) in [6, 6.07) is 9.26. The number of methoxy groups -OCH3 is 1. The predicted octanol–water partition coefficient (Wildman–Crippen LogP) is 2.31. The molecule has 7 nitrogen and oxygen atoms in total. The highest BCUT2D eigenvalue weighted by Crippen LogP contribution is 2.17. The van der Waals surface area contributed by atoms with Gasteiger partial charge in [0.1, 0.15) is 11.4 Å². The summed E-state index contributed by atoms with van der Waals surface area (Å²) in [5, 5.41) is 6.05. The van der Waals surface area contributed by atoms with Crippen LogP contribution in [0.25, 0.3) is 0 Å². The molecule has 26 heavy (non-hydrogen) atoms. The quantitative estimate of drug-likeness (QED) is 0.792. The summed E-state index contributed by atoms with van der Waals surface area (Å²) in [7, 11) is 1.61. The normalized spacial score (nSPS) is 16.3. The van der Waals surface area contributed by atoms with Crippen molar-refractivity contribution in [1.82, 2.24) is 15.3 Å². The molecular formula is C19H24N4O3. The van der Waals surface area contributed by atoms with E-state index in [0.717, 1.165) is 36.5 Å². The van der Waals surface area contributed by atoms with Crippen molar-refractivity contribution >= 4 is 11.9 Å². The first-order chi connectivity index (χ1) is 12.7. The Labute approximate surface area is 153 Å². The maximum atomic E-state index is 12.5. The van der Waals surface area contributed by atoms with Crippen LogP contribution in [0.5, 0.6) is 5.75 Å². The zero-order valence-electron chi connectivity index (χ0n) is 15.1. The number of hydrogen-bond donors (Lipinski definition) is 2. The Kier molecular flexibility index (Phi) is 6.01. The van der Waals surface area contributed by atoms with Gasteiger partial charge in [-0.1, -0.05) is 18.2 Å². The zero-order chi connectivity index (χ0) is 18.4. The van der Waals surface area contributed by atoms with Gasteiger partial charge in [0.05, 0.1) is 13.2 Å². The van der Waals surface area contributed by atoms with Gasteiger partial charge in [-0.15, -0.1) is 0 Å². The number of carbonyl (C=O) groups excluding carboxylic acids is 1. The minimum atomic E-state index is -0.249. The molecule has 1 fully saturated rings. The van der Waals surface area contributed by atoms with Crippen LogP contribution in [0.2, 0.25) is 0 Å². The van der Waals surface area contributed by atoms with Crippen LogP contribution in [0.15, 0.2) is 30.3 Å². The number of aryl methyl sites for hydroxylation is 1. The summed E-state index contributed by atoms with van der Waals surface area (Å²) in [6.07, 6.45) is 2.30. The molecule has 2 aromatic rings. The lowest BCUT2D eigenvalue weighted by molar-refractivity contribution is 0.0945. The van der Waals surface area contributed by atoms with Crippen molar-refractivity contribution in [2.45, 2.75) is 32.4 Å². The minimum Gasteiger partial charge on any atom is -0.496 e. The number of ether oxygens (including phenoxy) is 2. The molecule has 1 aliphatic rings. The summed E-state index contributed by atoms with van der Waals surface area (Å²) in [5.41, 5.74) is 1.98. The number of carbonyl (C=O) groups is 1. The van der Waals surface area contributed by atoms with Gasteiger partial charge in [-0.05, 0) is 31.9 Å². The maximum absolute atomic E-state index is 12.5. The molecule has 1 unspecified atom stereocenters. The van der Waals surface area contributed by atoms with Crippen molar-refractivity contribution in [2.24, 2.45) is 0 Å². The van der Waals surface area contributed by atoms with Crippen LogP contribution >= 0.6 is 0 Å². The Morgan fingerprint density at radius 3 is 2.96 bits per heavy atom. The molecule has 0 bridgehead atoms. The third-order valence-electron chi connectivity index (χ3n) is 4.23. The summed E-state index contributed by atoms with van der Waals surface area (Å²) in [5.74, 6) is 0.940. The highest BCUT2D eigenvalue weighted by atomic mass is 16.5. The highest BCUT2D eigenvalue weighted by Gasteiger charge is 2.16. The molecule has 0 spiro atoms. The Balaban J connectivity index is 1.62. The Morgan fingerprint density at radius 1 is 1.35 bits per heavy atom. The van der Waals surface area contributed by atoms with Gasteiger partial charge in [0, 0.05) is 31.0 Å². The van der Waals surface area contributed by atoms with Crippen LogP contribution in [0.1, 0.15) is 34.6 Å². The molecule has 0 aliphatic carbocycles. The third kappa shape index (κ3) is 4.70. The molecule has 0 saturated carbocycles. The molecule has 1 aliphatic heterocycles. The number of para-hydroxylation sites is 1. The Hall–Kier alpha value is -2.67. The molecule has 3 rings (SSSR count). The second kappa shape index (κ2) is 8.62. The van der Waals surface area contributed by atoms with Gasteiger partial charge < -0.3 is 20.1 Å². The first-order valence-electron chi connectivity index (χ1n) is 8.77. The third-order valence-corrected chi connectivity index (χ3v) is 4.23. The van der Waals surface area contributed by atoms with Crippen LogP contribution < -0.4 is 15.4 Å². The Morgan fingerprint density at radius 2 is 2.19 bits per heavy atom. The van der Waals surface area contributed by atoms with E-state index in [9.17, 15) is 4.79 Å². The van der Waals surface area contributed by atoms with Crippen molar-refractivity contribution in [3.05, 3.63) is 47.3 Å². The standard InChI is InChI=1S/C19H24N4O3/c1-13-10-16(23-19(22-13)21-12-15-7-5-9-26-15)18(24)20-11-14-6-3-4-8-17(14)25-2/h3-4,6,8,10,15H,5,7,9,11-12H2,1-2H3,(H,20,24)(H,21,22,23). The van der Waals surface area contributed by atoms with Gasteiger partial charge in [0.2, 0.25) is 5.95 Å². The molecule has 2 heterocycles. The number of rotatable bonds is 7. The van der Waals surface area contributed by atoms with Crippen LogP contribution in [0, 0.1) is 6.92 Å². The SMILES string of the molecule is COc1ccccc1CNC(=O)c1cc(C)nc(NCC2CCCO2)n1. The van der Waals surface area contributed by atoms with Crippen LogP contribution in [0.3, 0.4) is 0 Å². The van der Waals surface area contributed by atoms with Crippen molar-refractivity contribution in [3.8, 4) is 5.75 Å². The summed E-state index contributed by atoms with van der Waals surface area (Å²) in [4.78, 5) is 21.2. The molecule has 1 aromatic carbocycles. The van der Waals surface area contributed by atoms with E-state index in [1.54, 1.807) is 13.2 Å². The van der Waals surface area contributed by atoms with E-state index in [-0.39, 0.29) is 12.0 Å². The van der Waals surface area contributed by atoms with E-state index in [1.165, 1.54) is 0 Å². The fourth-order valence-electron chi connectivity index (χ4n) is 2.89. The maximum Gasteiger partial charge on any atom is 0.270 e. The van der Waals surface area contributed by atoms with E-state index in [2.05, 4.69) is 20.6 Å². The van der Waals surface area contributed by atoms with Gasteiger partial charge >= 0.3 is 0 Å². The largest absolute Gasteiger partial charge is 0.496 e. The lowest BCUT2D eigenvalue weighted by atomic mass is 10.2. The van der Waals surface area contributed by atoms with E-state index in [1.807, 2.05) is 31.2 Å². The fraction of sp³-hybridized carbons (Fsp3) is 0.421. The molecule has 1 aromatic heterocycles. The van der Waals surface area contributed by atoms with Gasteiger partial charge in [0.25, 0.3) is 5.91 Å². The van der Waals surface area contributed by atoms with E-state index in [4.69, 9.17) is 9.47 Å². The second-order valence-corrected chi connectivity index (χ2v) is 6.23. The molecule has 1 atom stereocenters. The van der Waals surface area contributed by atoms with Crippen LogP contribution in [-0.4, -0.2) is 42.2 Å². The highest BCUT2D eigenvalue weighted by molar-refractivity contribution is 5.92. The predicted molar refractivity (Wildman–Crippen MR) is 98.4 cm³/mol. The average molecular weight is 356 g/mol. The zero-order valence-corrected chi connectivity index (χ0v) is 15.1. The molecule has 1 saturated heterocycles. The smallest absolute Gasteiger partial charge is 0.270 e.